The van der Waals surface area contributed by atoms with Gasteiger partial charge in [0.15, 0.2) is 0 Å². The molecule has 0 unspecified atom stereocenters. The van der Waals surface area contributed by atoms with E-state index in [-0.39, 0.29) is 5.84 Å². The number of nitrogens with zero attached hydrogens (tertiary/aromatic N) is 5. The summed E-state index contributed by atoms with van der Waals surface area (Å²) >= 11 is 0. The molecule has 0 bridgehead atoms. The zero-order valence-corrected chi connectivity index (χ0v) is 10.4. The van der Waals surface area contributed by atoms with Gasteiger partial charge in [0.05, 0.1) is 13.7 Å². The smallest absolute Gasteiger partial charge is 0.204 e. The van der Waals surface area contributed by atoms with Crippen molar-refractivity contribution in [3.8, 4) is 17.1 Å². The standard InChI is InChI=1S/C11H14N6O2/c1-19-9-4-2-8(3-5-9)11-13-16-17(14-11)7-6-10(12)15-18/h2-5,18H,6-7H2,1H3,(H2,12,15). The fraction of sp³-hybridized carbons (Fsp3) is 0.273. The van der Waals surface area contributed by atoms with Gasteiger partial charge in [0.1, 0.15) is 11.6 Å². The van der Waals surface area contributed by atoms with E-state index in [2.05, 4.69) is 20.6 Å². The van der Waals surface area contributed by atoms with Crippen molar-refractivity contribution in [2.45, 2.75) is 13.0 Å². The third kappa shape index (κ3) is 3.18. The highest BCUT2D eigenvalue weighted by Crippen LogP contribution is 2.18. The molecule has 0 aliphatic heterocycles. The third-order valence-corrected chi connectivity index (χ3v) is 2.50. The summed E-state index contributed by atoms with van der Waals surface area (Å²) in [6, 6.07) is 7.35. The molecule has 0 fully saturated rings. The van der Waals surface area contributed by atoms with E-state index in [9.17, 15) is 0 Å². The van der Waals surface area contributed by atoms with Crippen LogP contribution in [0, 0.1) is 0 Å². The van der Waals surface area contributed by atoms with Crippen LogP contribution < -0.4 is 10.5 Å². The third-order valence-electron chi connectivity index (χ3n) is 2.50. The van der Waals surface area contributed by atoms with E-state index in [1.54, 1.807) is 7.11 Å². The zero-order chi connectivity index (χ0) is 13.7. The van der Waals surface area contributed by atoms with Crippen molar-refractivity contribution in [2.75, 3.05) is 7.11 Å². The fourth-order valence-corrected chi connectivity index (χ4v) is 1.46. The molecule has 1 aromatic carbocycles. The maximum atomic E-state index is 8.43. The Morgan fingerprint density at radius 3 is 2.79 bits per heavy atom. The van der Waals surface area contributed by atoms with Gasteiger partial charge >= 0.3 is 0 Å². The Hall–Kier alpha value is -2.64. The Morgan fingerprint density at radius 1 is 1.42 bits per heavy atom. The number of ether oxygens (including phenoxy) is 1. The Morgan fingerprint density at radius 2 is 2.16 bits per heavy atom. The van der Waals surface area contributed by atoms with E-state index in [1.807, 2.05) is 24.3 Å². The fourth-order valence-electron chi connectivity index (χ4n) is 1.46. The largest absolute Gasteiger partial charge is 0.497 e. The number of benzene rings is 1. The van der Waals surface area contributed by atoms with Gasteiger partial charge in [0.25, 0.3) is 0 Å². The van der Waals surface area contributed by atoms with Crippen LogP contribution in [0.1, 0.15) is 6.42 Å². The number of rotatable bonds is 5. The maximum Gasteiger partial charge on any atom is 0.204 e. The Balaban J connectivity index is 2.07. The first kappa shape index (κ1) is 12.8. The number of oxime groups is 1. The lowest BCUT2D eigenvalue weighted by molar-refractivity contribution is 0.316. The van der Waals surface area contributed by atoms with E-state index in [1.165, 1.54) is 4.80 Å². The van der Waals surface area contributed by atoms with Gasteiger partial charge < -0.3 is 15.7 Å². The first-order valence-electron chi connectivity index (χ1n) is 5.61. The lowest BCUT2D eigenvalue weighted by Gasteiger charge is -1.99. The van der Waals surface area contributed by atoms with Crippen LogP contribution in [0.5, 0.6) is 5.75 Å². The van der Waals surface area contributed by atoms with E-state index < -0.39 is 0 Å². The molecule has 100 valence electrons. The number of hydrogen-bond donors (Lipinski definition) is 2. The summed E-state index contributed by atoms with van der Waals surface area (Å²) in [6.07, 6.45) is 0.356. The Kier molecular flexibility index (Phi) is 3.91. The lowest BCUT2D eigenvalue weighted by atomic mass is 10.2. The quantitative estimate of drug-likeness (QED) is 0.351. The molecule has 0 atom stereocenters. The highest BCUT2D eigenvalue weighted by molar-refractivity contribution is 5.79. The first-order valence-corrected chi connectivity index (χ1v) is 5.61. The predicted molar refractivity (Wildman–Crippen MR) is 67.8 cm³/mol. The minimum atomic E-state index is 0.128. The van der Waals surface area contributed by atoms with Crippen LogP contribution >= 0.6 is 0 Å². The number of methoxy groups -OCH3 is 1. The van der Waals surface area contributed by atoms with Crippen LogP contribution in [-0.2, 0) is 6.54 Å². The molecule has 1 heterocycles. The molecule has 2 rings (SSSR count). The molecular weight excluding hydrogens is 248 g/mol. The van der Waals surface area contributed by atoms with Gasteiger partial charge in [-0.15, -0.1) is 10.2 Å². The maximum absolute atomic E-state index is 8.43. The summed E-state index contributed by atoms with van der Waals surface area (Å²) in [6.45, 7) is 0.402. The second-order valence-corrected chi connectivity index (χ2v) is 3.78. The van der Waals surface area contributed by atoms with Crippen molar-refractivity contribution in [1.82, 2.24) is 20.2 Å². The normalized spacial score (nSPS) is 11.5. The molecular formula is C11H14N6O2. The summed E-state index contributed by atoms with van der Waals surface area (Å²) in [5.41, 5.74) is 6.21. The lowest BCUT2D eigenvalue weighted by Crippen LogP contribution is -2.16. The van der Waals surface area contributed by atoms with Crippen LogP contribution in [-0.4, -0.2) is 38.4 Å². The van der Waals surface area contributed by atoms with E-state index >= 15 is 0 Å². The minimum absolute atomic E-state index is 0.128. The van der Waals surface area contributed by atoms with Crippen LogP contribution in [0.2, 0.25) is 0 Å². The average Bonchev–Trinajstić information content (AvgIpc) is 2.93. The van der Waals surface area contributed by atoms with Crippen LogP contribution in [0.25, 0.3) is 11.4 Å². The van der Waals surface area contributed by atoms with E-state index in [0.717, 1.165) is 11.3 Å². The SMILES string of the molecule is COc1ccc(-c2nnn(CCC(N)=NO)n2)cc1. The summed E-state index contributed by atoms with van der Waals surface area (Å²) in [5.74, 6) is 1.41. The molecule has 0 aliphatic rings. The highest BCUT2D eigenvalue weighted by Gasteiger charge is 2.06. The molecule has 0 radical (unpaired) electrons. The molecule has 8 heteroatoms. The second kappa shape index (κ2) is 5.80. The van der Waals surface area contributed by atoms with Gasteiger partial charge in [-0.1, -0.05) is 5.16 Å². The van der Waals surface area contributed by atoms with Crippen molar-refractivity contribution in [1.29, 1.82) is 0 Å². The summed E-state index contributed by atoms with van der Waals surface area (Å²) < 4.78 is 5.08. The number of aromatic nitrogens is 4. The van der Waals surface area contributed by atoms with Gasteiger partial charge in [0, 0.05) is 12.0 Å². The van der Waals surface area contributed by atoms with Gasteiger partial charge in [-0.05, 0) is 29.5 Å². The number of nitrogens with two attached hydrogens (primary N) is 1. The topological polar surface area (TPSA) is 111 Å². The first-order chi connectivity index (χ1) is 9.22. The molecule has 3 N–H and O–H groups in total. The van der Waals surface area contributed by atoms with Crippen molar-refractivity contribution < 1.29 is 9.94 Å². The molecule has 0 saturated heterocycles. The summed E-state index contributed by atoms with van der Waals surface area (Å²) in [4.78, 5) is 1.40. The van der Waals surface area contributed by atoms with Gasteiger partial charge in [-0.2, -0.15) is 4.80 Å². The summed E-state index contributed by atoms with van der Waals surface area (Å²) in [7, 11) is 1.61. The molecule has 0 saturated carbocycles. The van der Waals surface area contributed by atoms with Gasteiger partial charge in [-0.25, -0.2) is 0 Å². The number of hydrogen-bond acceptors (Lipinski definition) is 6. The monoisotopic (exact) mass is 262 g/mol. The van der Waals surface area contributed by atoms with Crippen molar-refractivity contribution >= 4 is 5.84 Å². The van der Waals surface area contributed by atoms with Crippen LogP contribution in [0.15, 0.2) is 29.4 Å². The Labute approximate surface area is 109 Å². The molecule has 19 heavy (non-hydrogen) atoms. The molecule has 1 aromatic heterocycles. The predicted octanol–water partition coefficient (Wildman–Crippen LogP) is 0.485. The van der Waals surface area contributed by atoms with Crippen LogP contribution in [0.3, 0.4) is 0 Å². The minimum Gasteiger partial charge on any atom is -0.497 e. The van der Waals surface area contributed by atoms with Crippen molar-refractivity contribution in [3.05, 3.63) is 24.3 Å². The van der Waals surface area contributed by atoms with Crippen LogP contribution in [0.4, 0.5) is 0 Å². The summed E-state index contributed by atoms with van der Waals surface area (Å²) in [5, 5.41) is 23.4. The average molecular weight is 262 g/mol. The number of amidine groups is 1. The zero-order valence-electron chi connectivity index (χ0n) is 10.4. The number of tetrazole rings is 1. The van der Waals surface area contributed by atoms with Gasteiger partial charge in [-0.3, -0.25) is 0 Å². The highest BCUT2D eigenvalue weighted by atomic mass is 16.5. The van der Waals surface area contributed by atoms with E-state index in [0.29, 0.717) is 18.8 Å². The molecule has 8 nitrogen and oxygen atoms in total. The molecule has 2 aromatic rings. The van der Waals surface area contributed by atoms with Crippen molar-refractivity contribution in [2.24, 2.45) is 10.9 Å². The number of aryl methyl sites for hydroxylation is 1. The molecule has 0 aliphatic carbocycles. The van der Waals surface area contributed by atoms with Gasteiger partial charge in [0.2, 0.25) is 5.82 Å². The molecule has 0 amide bonds. The van der Waals surface area contributed by atoms with Crippen molar-refractivity contribution in [3.63, 3.8) is 0 Å². The second-order valence-electron chi connectivity index (χ2n) is 3.78. The molecule has 0 spiro atoms. The van der Waals surface area contributed by atoms with E-state index in [4.69, 9.17) is 15.7 Å². The Bertz CT molecular complexity index is 563.